The summed E-state index contributed by atoms with van der Waals surface area (Å²) >= 11 is 0. The van der Waals surface area contributed by atoms with Crippen LogP contribution in [-0.4, -0.2) is 28.0 Å². The molecule has 5 heteroatoms. The summed E-state index contributed by atoms with van der Waals surface area (Å²) in [6, 6.07) is 7.29. The van der Waals surface area contributed by atoms with Gasteiger partial charge in [0.25, 0.3) is 5.91 Å². The molecule has 0 spiro atoms. The molecule has 2 unspecified atom stereocenters. The van der Waals surface area contributed by atoms with Crippen molar-refractivity contribution in [3.63, 3.8) is 0 Å². The number of nitrogens with one attached hydrogen (secondary N) is 2. The van der Waals surface area contributed by atoms with Crippen molar-refractivity contribution >= 4 is 22.8 Å². The van der Waals surface area contributed by atoms with Crippen LogP contribution < -0.4 is 5.32 Å². The minimum absolute atomic E-state index is 0.208. The molecule has 0 saturated heterocycles. The highest BCUT2D eigenvalue weighted by Gasteiger charge is 2.34. The SMILES string of the molecule is O=C(NC1CCCC1C(=O)O)c1c[nH]c2ccccc12. The molecular formula is C15H16N2O3. The maximum atomic E-state index is 12.3. The Balaban J connectivity index is 1.81. The lowest BCUT2D eigenvalue weighted by Gasteiger charge is -2.17. The van der Waals surface area contributed by atoms with E-state index >= 15 is 0 Å². The number of H-pyrrole nitrogens is 1. The largest absolute Gasteiger partial charge is 0.481 e. The second-order valence-corrected chi connectivity index (χ2v) is 5.20. The molecule has 3 rings (SSSR count). The predicted octanol–water partition coefficient (Wildman–Crippen LogP) is 2.15. The van der Waals surface area contributed by atoms with E-state index in [2.05, 4.69) is 10.3 Å². The maximum Gasteiger partial charge on any atom is 0.308 e. The molecule has 1 aliphatic carbocycles. The van der Waals surface area contributed by atoms with Crippen LogP contribution in [0.15, 0.2) is 30.5 Å². The van der Waals surface area contributed by atoms with Gasteiger partial charge in [0.1, 0.15) is 0 Å². The zero-order valence-electron chi connectivity index (χ0n) is 10.9. The first kappa shape index (κ1) is 12.7. The number of aromatic amines is 1. The van der Waals surface area contributed by atoms with Gasteiger partial charge in [-0.1, -0.05) is 24.6 Å². The minimum Gasteiger partial charge on any atom is -0.481 e. The number of hydrogen-bond donors (Lipinski definition) is 3. The first-order chi connectivity index (χ1) is 9.66. The van der Waals surface area contributed by atoms with Crippen molar-refractivity contribution in [3.8, 4) is 0 Å². The van der Waals surface area contributed by atoms with Gasteiger partial charge < -0.3 is 15.4 Å². The second-order valence-electron chi connectivity index (χ2n) is 5.20. The van der Waals surface area contributed by atoms with Crippen LogP contribution >= 0.6 is 0 Å². The van der Waals surface area contributed by atoms with E-state index in [0.29, 0.717) is 12.0 Å². The van der Waals surface area contributed by atoms with E-state index in [4.69, 9.17) is 5.11 Å². The van der Waals surface area contributed by atoms with E-state index in [0.717, 1.165) is 23.7 Å². The fourth-order valence-corrected chi connectivity index (χ4v) is 2.93. The van der Waals surface area contributed by atoms with E-state index in [1.807, 2.05) is 24.3 Å². The van der Waals surface area contributed by atoms with Gasteiger partial charge >= 0.3 is 5.97 Å². The van der Waals surface area contributed by atoms with E-state index < -0.39 is 11.9 Å². The normalized spacial score (nSPS) is 22.0. The Morgan fingerprint density at radius 1 is 1.25 bits per heavy atom. The molecule has 3 N–H and O–H groups in total. The highest BCUT2D eigenvalue weighted by molar-refractivity contribution is 6.06. The van der Waals surface area contributed by atoms with Crippen LogP contribution in [0.3, 0.4) is 0 Å². The van der Waals surface area contributed by atoms with Gasteiger partial charge in [0.2, 0.25) is 0 Å². The number of carboxylic acid groups (broad SMARTS) is 1. The topological polar surface area (TPSA) is 82.2 Å². The molecule has 5 nitrogen and oxygen atoms in total. The van der Waals surface area contributed by atoms with Crippen molar-refractivity contribution in [3.05, 3.63) is 36.0 Å². The molecule has 2 atom stereocenters. The molecule has 0 aliphatic heterocycles. The molecule has 1 heterocycles. The van der Waals surface area contributed by atoms with Crippen molar-refractivity contribution in [2.24, 2.45) is 5.92 Å². The number of carboxylic acids is 1. The van der Waals surface area contributed by atoms with Gasteiger partial charge in [-0.05, 0) is 18.9 Å². The summed E-state index contributed by atoms with van der Waals surface area (Å²) in [5, 5.41) is 12.9. The zero-order chi connectivity index (χ0) is 14.1. The first-order valence-electron chi connectivity index (χ1n) is 6.76. The zero-order valence-corrected chi connectivity index (χ0v) is 10.9. The lowest BCUT2D eigenvalue weighted by molar-refractivity contribution is -0.142. The van der Waals surface area contributed by atoms with Crippen molar-refractivity contribution in [1.82, 2.24) is 10.3 Å². The van der Waals surface area contributed by atoms with Crippen LogP contribution in [0, 0.1) is 5.92 Å². The summed E-state index contributed by atoms with van der Waals surface area (Å²) < 4.78 is 0. The Bertz CT molecular complexity index is 662. The molecule has 1 aromatic heterocycles. The summed E-state index contributed by atoms with van der Waals surface area (Å²) in [6.07, 6.45) is 3.87. The number of amides is 1. The van der Waals surface area contributed by atoms with Crippen LogP contribution in [0.1, 0.15) is 29.6 Å². The number of benzene rings is 1. The number of para-hydroxylation sites is 1. The van der Waals surface area contributed by atoms with Crippen molar-refractivity contribution in [2.75, 3.05) is 0 Å². The van der Waals surface area contributed by atoms with Gasteiger partial charge in [-0.2, -0.15) is 0 Å². The average molecular weight is 272 g/mol. The third-order valence-corrected chi connectivity index (χ3v) is 3.98. The van der Waals surface area contributed by atoms with Gasteiger partial charge in [0.05, 0.1) is 11.5 Å². The summed E-state index contributed by atoms with van der Waals surface area (Å²) in [5.41, 5.74) is 1.47. The molecule has 20 heavy (non-hydrogen) atoms. The lowest BCUT2D eigenvalue weighted by atomic mass is 10.0. The summed E-state index contributed by atoms with van der Waals surface area (Å²) in [7, 11) is 0. The fourth-order valence-electron chi connectivity index (χ4n) is 2.93. The molecule has 1 aromatic carbocycles. The Morgan fingerprint density at radius 2 is 2.05 bits per heavy atom. The minimum atomic E-state index is -0.827. The monoisotopic (exact) mass is 272 g/mol. The number of carbonyl (C=O) groups excluding carboxylic acids is 1. The Kier molecular flexibility index (Phi) is 3.18. The number of aliphatic carboxylic acids is 1. The van der Waals surface area contributed by atoms with Crippen LogP contribution in [-0.2, 0) is 4.79 Å². The number of carbonyl (C=O) groups is 2. The van der Waals surface area contributed by atoms with E-state index in [1.165, 1.54) is 0 Å². The molecule has 2 aromatic rings. The van der Waals surface area contributed by atoms with Gasteiger partial charge in [-0.15, -0.1) is 0 Å². The van der Waals surface area contributed by atoms with Crippen LogP contribution in [0.2, 0.25) is 0 Å². The van der Waals surface area contributed by atoms with Crippen molar-refractivity contribution in [2.45, 2.75) is 25.3 Å². The molecule has 1 fully saturated rings. The molecular weight excluding hydrogens is 256 g/mol. The summed E-state index contributed by atoms with van der Waals surface area (Å²) in [4.78, 5) is 26.5. The van der Waals surface area contributed by atoms with E-state index in [9.17, 15) is 9.59 Å². The summed E-state index contributed by atoms with van der Waals surface area (Å²) in [6.45, 7) is 0. The van der Waals surface area contributed by atoms with Crippen LogP contribution in [0.5, 0.6) is 0 Å². The highest BCUT2D eigenvalue weighted by Crippen LogP contribution is 2.26. The van der Waals surface area contributed by atoms with Crippen LogP contribution in [0.25, 0.3) is 10.9 Å². The van der Waals surface area contributed by atoms with E-state index in [-0.39, 0.29) is 11.9 Å². The standard InChI is InChI=1S/C15H16N2O3/c18-14(17-13-7-3-5-10(13)15(19)20)11-8-16-12-6-2-1-4-9(11)12/h1-2,4,6,8,10,13,16H,3,5,7H2,(H,17,18)(H,19,20). The highest BCUT2D eigenvalue weighted by atomic mass is 16.4. The molecule has 1 amide bonds. The molecule has 0 bridgehead atoms. The van der Waals surface area contributed by atoms with Gasteiger partial charge in [0.15, 0.2) is 0 Å². The van der Waals surface area contributed by atoms with Crippen molar-refractivity contribution < 1.29 is 14.7 Å². The predicted molar refractivity (Wildman–Crippen MR) is 74.5 cm³/mol. The fraction of sp³-hybridized carbons (Fsp3) is 0.333. The molecule has 104 valence electrons. The van der Waals surface area contributed by atoms with Crippen LogP contribution in [0.4, 0.5) is 0 Å². The number of rotatable bonds is 3. The Labute approximate surface area is 116 Å². The number of hydrogen-bond acceptors (Lipinski definition) is 2. The van der Waals surface area contributed by atoms with Gasteiger partial charge in [-0.25, -0.2) is 0 Å². The first-order valence-corrected chi connectivity index (χ1v) is 6.76. The second kappa shape index (κ2) is 5.00. The third-order valence-electron chi connectivity index (χ3n) is 3.98. The molecule has 1 saturated carbocycles. The van der Waals surface area contributed by atoms with Crippen molar-refractivity contribution in [1.29, 1.82) is 0 Å². The number of fused-ring (bicyclic) bond motifs is 1. The Morgan fingerprint density at radius 3 is 2.85 bits per heavy atom. The molecule has 0 radical (unpaired) electrons. The maximum absolute atomic E-state index is 12.3. The smallest absolute Gasteiger partial charge is 0.308 e. The van der Waals surface area contributed by atoms with E-state index in [1.54, 1.807) is 6.20 Å². The number of aromatic nitrogens is 1. The van der Waals surface area contributed by atoms with Gasteiger partial charge in [0, 0.05) is 23.1 Å². The van der Waals surface area contributed by atoms with Gasteiger partial charge in [-0.3, -0.25) is 9.59 Å². The lowest BCUT2D eigenvalue weighted by Crippen LogP contribution is -2.40. The summed E-state index contributed by atoms with van der Waals surface area (Å²) in [5.74, 6) is -1.50. The average Bonchev–Trinajstić information content (AvgIpc) is 3.04. The Hall–Kier alpha value is -2.30. The third kappa shape index (κ3) is 2.15. The quantitative estimate of drug-likeness (QED) is 0.800. The molecule has 1 aliphatic rings.